The van der Waals surface area contributed by atoms with Gasteiger partial charge in [-0.2, -0.15) is 5.26 Å². The molecule has 0 heterocycles. The van der Waals surface area contributed by atoms with Gasteiger partial charge < -0.3 is 10.6 Å². The van der Waals surface area contributed by atoms with E-state index in [1.165, 1.54) is 11.8 Å². The van der Waals surface area contributed by atoms with Crippen molar-refractivity contribution in [3.63, 3.8) is 0 Å². The van der Waals surface area contributed by atoms with Gasteiger partial charge in [0, 0.05) is 18.8 Å². The molecule has 0 aliphatic heterocycles. The number of carbonyl (C=O) groups is 1. The van der Waals surface area contributed by atoms with Gasteiger partial charge in [0.15, 0.2) is 0 Å². The molecule has 0 aliphatic rings. The number of nitrogens with zero attached hydrogens (tertiary/aromatic N) is 1. The summed E-state index contributed by atoms with van der Waals surface area (Å²) in [6.07, 6.45) is 2.49. The molecule has 2 aromatic rings. The van der Waals surface area contributed by atoms with Crippen molar-refractivity contribution in [3.05, 3.63) is 83.1 Å². The Morgan fingerprint density at radius 1 is 1.12 bits per heavy atom. The molecule has 2 aromatic carbocycles. The molecule has 1 amide bonds. The zero-order chi connectivity index (χ0) is 18.1. The number of aryl methyl sites for hydroxylation is 1. The normalized spacial score (nSPS) is 12.1. The van der Waals surface area contributed by atoms with Crippen molar-refractivity contribution in [2.24, 2.45) is 0 Å². The number of hydrogen-bond acceptors (Lipinski definition) is 3. The van der Waals surface area contributed by atoms with Crippen molar-refractivity contribution in [3.8, 4) is 6.07 Å². The van der Waals surface area contributed by atoms with Crippen molar-refractivity contribution >= 4 is 5.91 Å². The van der Waals surface area contributed by atoms with Gasteiger partial charge in [-0.1, -0.05) is 61.5 Å². The van der Waals surface area contributed by atoms with Gasteiger partial charge in [-0.3, -0.25) is 4.79 Å². The molecular formula is C21H23N3O. The second-order valence-electron chi connectivity index (χ2n) is 5.82. The predicted molar refractivity (Wildman–Crippen MR) is 99.4 cm³/mol. The molecule has 0 saturated heterocycles. The van der Waals surface area contributed by atoms with Crippen LogP contribution < -0.4 is 10.6 Å². The van der Waals surface area contributed by atoms with Crippen LogP contribution in [0.1, 0.15) is 36.6 Å². The van der Waals surface area contributed by atoms with Gasteiger partial charge in [-0.25, -0.2) is 0 Å². The average Bonchev–Trinajstić information content (AvgIpc) is 2.67. The second kappa shape index (κ2) is 9.29. The number of benzene rings is 2. The molecule has 128 valence electrons. The third-order valence-corrected chi connectivity index (χ3v) is 4.03. The Balaban J connectivity index is 1.94. The number of nitrogens with one attached hydrogen (secondary N) is 2. The fraction of sp³-hybridized carbons (Fsp3) is 0.238. The van der Waals surface area contributed by atoms with E-state index in [9.17, 15) is 10.1 Å². The quantitative estimate of drug-likeness (QED) is 0.601. The first kappa shape index (κ1) is 18.3. The second-order valence-corrected chi connectivity index (χ2v) is 5.82. The van der Waals surface area contributed by atoms with Gasteiger partial charge in [0.05, 0.1) is 0 Å². The summed E-state index contributed by atoms with van der Waals surface area (Å²) in [5.41, 5.74) is 3.44. The summed E-state index contributed by atoms with van der Waals surface area (Å²) in [5.74, 6) is -0.382. The molecule has 0 aromatic heterocycles. The molecule has 1 atom stereocenters. The maximum Gasteiger partial charge on any atom is 0.263 e. The van der Waals surface area contributed by atoms with Crippen LogP contribution in [-0.4, -0.2) is 5.91 Å². The highest BCUT2D eigenvalue weighted by Crippen LogP contribution is 2.14. The predicted octanol–water partition coefficient (Wildman–Crippen LogP) is 3.62. The van der Waals surface area contributed by atoms with Crippen molar-refractivity contribution in [2.75, 3.05) is 0 Å². The van der Waals surface area contributed by atoms with Gasteiger partial charge in [0.1, 0.15) is 11.6 Å². The average molecular weight is 333 g/mol. The van der Waals surface area contributed by atoms with Crippen molar-refractivity contribution in [2.45, 2.75) is 32.9 Å². The van der Waals surface area contributed by atoms with Crippen LogP contribution in [0, 0.1) is 11.3 Å². The van der Waals surface area contributed by atoms with E-state index in [0.717, 1.165) is 17.5 Å². The Morgan fingerprint density at radius 3 is 2.40 bits per heavy atom. The van der Waals surface area contributed by atoms with Crippen LogP contribution in [0.3, 0.4) is 0 Å². The molecule has 0 spiro atoms. The molecule has 25 heavy (non-hydrogen) atoms. The minimum Gasteiger partial charge on any atom is -0.383 e. The molecule has 2 rings (SSSR count). The zero-order valence-electron chi connectivity index (χ0n) is 14.6. The summed E-state index contributed by atoms with van der Waals surface area (Å²) in [6, 6.07) is 19.9. The highest BCUT2D eigenvalue weighted by atomic mass is 16.1. The number of rotatable bonds is 7. The van der Waals surface area contributed by atoms with E-state index < -0.39 is 0 Å². The standard InChI is InChI=1S/C21H23N3O/c1-3-17-9-11-19(12-10-17)16(2)23-15-20(13-22)21(25)24-14-18-7-5-4-6-8-18/h4-12,15-16,23H,3,14H2,1-2H3,(H,24,25)/b20-15-. The van der Waals surface area contributed by atoms with E-state index >= 15 is 0 Å². The molecule has 4 nitrogen and oxygen atoms in total. The molecule has 0 fully saturated rings. The lowest BCUT2D eigenvalue weighted by Gasteiger charge is -2.13. The monoisotopic (exact) mass is 333 g/mol. The summed E-state index contributed by atoms with van der Waals surface area (Å²) < 4.78 is 0. The van der Waals surface area contributed by atoms with Crippen molar-refractivity contribution < 1.29 is 4.79 Å². The summed E-state index contributed by atoms with van der Waals surface area (Å²) in [4.78, 5) is 12.1. The van der Waals surface area contributed by atoms with Crippen molar-refractivity contribution in [1.82, 2.24) is 10.6 Å². The van der Waals surface area contributed by atoms with Crippen LogP contribution in [0.25, 0.3) is 0 Å². The molecule has 0 bridgehead atoms. The molecule has 1 unspecified atom stereocenters. The van der Waals surface area contributed by atoms with E-state index in [2.05, 4.69) is 41.8 Å². The summed E-state index contributed by atoms with van der Waals surface area (Å²) >= 11 is 0. The van der Waals surface area contributed by atoms with Crippen LogP contribution in [0.2, 0.25) is 0 Å². The Bertz CT molecular complexity index is 758. The van der Waals surface area contributed by atoms with Crippen LogP contribution in [0.4, 0.5) is 0 Å². The largest absolute Gasteiger partial charge is 0.383 e. The van der Waals surface area contributed by atoms with Crippen LogP contribution >= 0.6 is 0 Å². The van der Waals surface area contributed by atoms with E-state index in [-0.39, 0.29) is 17.5 Å². The zero-order valence-corrected chi connectivity index (χ0v) is 14.6. The van der Waals surface area contributed by atoms with Crippen molar-refractivity contribution in [1.29, 1.82) is 5.26 Å². The molecule has 0 aliphatic carbocycles. The van der Waals surface area contributed by atoms with Crippen LogP contribution in [0.15, 0.2) is 66.4 Å². The molecular weight excluding hydrogens is 310 g/mol. The lowest BCUT2D eigenvalue weighted by atomic mass is 10.1. The summed E-state index contributed by atoms with van der Waals surface area (Å²) in [6.45, 7) is 4.51. The van der Waals surface area contributed by atoms with Gasteiger partial charge >= 0.3 is 0 Å². The third kappa shape index (κ3) is 5.50. The third-order valence-electron chi connectivity index (χ3n) is 4.03. The fourth-order valence-electron chi connectivity index (χ4n) is 2.37. The highest BCUT2D eigenvalue weighted by Gasteiger charge is 2.10. The Morgan fingerprint density at radius 2 is 1.80 bits per heavy atom. The minimum atomic E-state index is -0.382. The first-order valence-electron chi connectivity index (χ1n) is 8.41. The number of hydrogen-bond donors (Lipinski definition) is 2. The van der Waals surface area contributed by atoms with Crippen LogP contribution in [-0.2, 0) is 17.8 Å². The maximum atomic E-state index is 12.1. The van der Waals surface area contributed by atoms with Gasteiger partial charge in [0.2, 0.25) is 0 Å². The smallest absolute Gasteiger partial charge is 0.263 e. The number of amides is 1. The lowest BCUT2D eigenvalue weighted by Crippen LogP contribution is -2.25. The minimum absolute atomic E-state index is 0.0104. The Hall–Kier alpha value is -3.06. The summed E-state index contributed by atoms with van der Waals surface area (Å²) in [5, 5.41) is 15.1. The maximum absolute atomic E-state index is 12.1. The van der Waals surface area contributed by atoms with Gasteiger partial charge in [0.25, 0.3) is 5.91 Å². The molecule has 4 heteroatoms. The number of nitriles is 1. The number of carbonyl (C=O) groups excluding carboxylic acids is 1. The van der Waals surface area contributed by atoms with E-state index in [1.54, 1.807) is 0 Å². The molecule has 0 saturated carbocycles. The Labute approximate surface area is 149 Å². The molecule has 2 N–H and O–H groups in total. The van der Waals surface area contributed by atoms with Gasteiger partial charge in [-0.15, -0.1) is 0 Å². The SMILES string of the molecule is CCc1ccc(C(C)N/C=C(/C#N)C(=O)NCc2ccccc2)cc1. The first-order valence-corrected chi connectivity index (χ1v) is 8.41. The van der Waals surface area contributed by atoms with E-state index in [1.807, 2.05) is 43.3 Å². The topological polar surface area (TPSA) is 64.9 Å². The first-order chi connectivity index (χ1) is 12.1. The highest BCUT2D eigenvalue weighted by molar-refractivity contribution is 5.97. The van der Waals surface area contributed by atoms with Crippen LogP contribution in [0.5, 0.6) is 0 Å². The fourth-order valence-corrected chi connectivity index (χ4v) is 2.37. The summed E-state index contributed by atoms with van der Waals surface area (Å²) in [7, 11) is 0. The molecule has 0 radical (unpaired) electrons. The lowest BCUT2D eigenvalue weighted by molar-refractivity contribution is -0.117. The Kier molecular flexibility index (Phi) is 6.79. The van der Waals surface area contributed by atoms with Gasteiger partial charge in [-0.05, 0) is 30.0 Å². The van der Waals surface area contributed by atoms with E-state index in [4.69, 9.17) is 0 Å². The van der Waals surface area contributed by atoms with E-state index in [0.29, 0.717) is 6.54 Å².